The molecule has 0 N–H and O–H groups in total. The first kappa shape index (κ1) is 16.8. The van der Waals surface area contributed by atoms with E-state index in [0.29, 0.717) is 10.8 Å². The minimum Gasteiger partial charge on any atom is -0.0842 e. The molecular formula is C21H36. The molecule has 1 fully saturated rings. The summed E-state index contributed by atoms with van der Waals surface area (Å²) in [5.41, 5.74) is 2.71. The molecule has 0 heteroatoms. The maximum Gasteiger partial charge on any atom is -0.00865 e. The van der Waals surface area contributed by atoms with Gasteiger partial charge in [-0.15, -0.1) is 0 Å². The Bertz CT molecular complexity index is 423. The highest BCUT2D eigenvalue weighted by atomic mass is 14.6. The van der Waals surface area contributed by atoms with E-state index < -0.39 is 0 Å². The third-order valence-electron chi connectivity index (χ3n) is 6.28. The minimum absolute atomic E-state index is 0.464. The van der Waals surface area contributed by atoms with Crippen molar-refractivity contribution in [3.05, 3.63) is 23.8 Å². The van der Waals surface area contributed by atoms with Crippen LogP contribution in [-0.2, 0) is 0 Å². The Morgan fingerprint density at radius 3 is 2.14 bits per heavy atom. The summed E-state index contributed by atoms with van der Waals surface area (Å²) < 4.78 is 0. The molecule has 2 bridgehead atoms. The lowest BCUT2D eigenvalue weighted by atomic mass is 9.44. The molecule has 0 saturated heterocycles. The standard InChI is InChI=1S/C17H26.C4H10/c1-12(2)14-7-10-17(4)15(11-14)13-5-8-16(17,3)9-6-13;1-4(2)3/h5,8,11-13,15H,6-7,9-10H2,1-4H3;4H,1-3H3. The van der Waals surface area contributed by atoms with E-state index in [-0.39, 0.29) is 0 Å². The zero-order valence-electron chi connectivity index (χ0n) is 15.4. The molecule has 4 rings (SSSR count). The van der Waals surface area contributed by atoms with Crippen LogP contribution in [0.25, 0.3) is 0 Å². The van der Waals surface area contributed by atoms with Crippen molar-refractivity contribution in [1.82, 2.24) is 0 Å². The first-order valence-corrected chi connectivity index (χ1v) is 9.09. The molecule has 4 aliphatic carbocycles. The van der Waals surface area contributed by atoms with E-state index >= 15 is 0 Å². The van der Waals surface area contributed by atoms with Gasteiger partial charge in [0.2, 0.25) is 0 Å². The molecule has 0 heterocycles. The van der Waals surface area contributed by atoms with Crippen LogP contribution in [0, 0.1) is 34.5 Å². The number of rotatable bonds is 1. The Morgan fingerprint density at radius 2 is 1.67 bits per heavy atom. The van der Waals surface area contributed by atoms with Crippen molar-refractivity contribution in [2.24, 2.45) is 34.5 Å². The quantitative estimate of drug-likeness (QED) is 0.475. The molecule has 0 aromatic heterocycles. The second-order valence-electron chi connectivity index (χ2n) is 9.05. The topological polar surface area (TPSA) is 0 Å². The van der Waals surface area contributed by atoms with Crippen LogP contribution in [0.1, 0.15) is 74.1 Å². The molecule has 4 atom stereocenters. The monoisotopic (exact) mass is 288 g/mol. The van der Waals surface area contributed by atoms with Crippen LogP contribution in [-0.4, -0.2) is 0 Å². The Balaban J connectivity index is 0.000000361. The molecule has 0 amide bonds. The largest absolute Gasteiger partial charge is 0.0842 e. The Labute approximate surface area is 133 Å². The summed E-state index contributed by atoms with van der Waals surface area (Å²) in [6.07, 6.45) is 13.3. The molecule has 0 aromatic carbocycles. The lowest BCUT2D eigenvalue weighted by molar-refractivity contribution is -0.0328. The summed E-state index contributed by atoms with van der Waals surface area (Å²) in [6.45, 7) is 16.3. The van der Waals surface area contributed by atoms with E-state index in [1.807, 2.05) is 0 Å². The van der Waals surface area contributed by atoms with Crippen molar-refractivity contribution < 1.29 is 0 Å². The predicted octanol–water partition coefficient (Wildman–Crippen LogP) is 6.63. The van der Waals surface area contributed by atoms with Crippen LogP contribution in [0.2, 0.25) is 0 Å². The second-order valence-corrected chi connectivity index (χ2v) is 9.05. The Kier molecular flexibility index (Phi) is 4.76. The fraction of sp³-hybridized carbons (Fsp3) is 0.810. The molecule has 21 heavy (non-hydrogen) atoms. The van der Waals surface area contributed by atoms with Crippen molar-refractivity contribution in [3.8, 4) is 0 Å². The Morgan fingerprint density at radius 1 is 1.05 bits per heavy atom. The van der Waals surface area contributed by atoms with Crippen molar-refractivity contribution in [2.75, 3.05) is 0 Å². The molecule has 1 saturated carbocycles. The zero-order chi connectivity index (χ0) is 15.8. The average Bonchev–Trinajstić information content (AvgIpc) is 2.38. The van der Waals surface area contributed by atoms with Gasteiger partial charge in [0.1, 0.15) is 0 Å². The number of fused-ring (bicyclic) bond motifs is 1. The van der Waals surface area contributed by atoms with Gasteiger partial charge < -0.3 is 0 Å². The third kappa shape index (κ3) is 3.01. The molecule has 0 aliphatic heterocycles. The average molecular weight is 289 g/mol. The van der Waals surface area contributed by atoms with Crippen molar-refractivity contribution >= 4 is 0 Å². The molecule has 0 radical (unpaired) electrons. The van der Waals surface area contributed by atoms with E-state index in [0.717, 1.165) is 23.7 Å². The van der Waals surface area contributed by atoms with E-state index in [9.17, 15) is 0 Å². The fourth-order valence-electron chi connectivity index (χ4n) is 4.57. The Hall–Kier alpha value is -0.520. The molecule has 4 unspecified atom stereocenters. The van der Waals surface area contributed by atoms with Crippen LogP contribution in [0.5, 0.6) is 0 Å². The normalized spacial score (nSPS) is 40.7. The summed E-state index contributed by atoms with van der Waals surface area (Å²) in [4.78, 5) is 0. The number of hydrogen-bond donors (Lipinski definition) is 0. The van der Waals surface area contributed by atoms with Gasteiger partial charge in [-0.05, 0) is 60.2 Å². The van der Waals surface area contributed by atoms with Gasteiger partial charge in [0.15, 0.2) is 0 Å². The van der Waals surface area contributed by atoms with Crippen LogP contribution in [0.3, 0.4) is 0 Å². The summed E-state index contributed by atoms with van der Waals surface area (Å²) in [6, 6.07) is 0. The van der Waals surface area contributed by atoms with Gasteiger partial charge in [-0.2, -0.15) is 0 Å². The first-order valence-electron chi connectivity index (χ1n) is 9.09. The van der Waals surface area contributed by atoms with Crippen molar-refractivity contribution in [3.63, 3.8) is 0 Å². The summed E-state index contributed by atoms with van der Waals surface area (Å²) in [5.74, 6) is 3.23. The smallest absolute Gasteiger partial charge is 0.00865 e. The van der Waals surface area contributed by atoms with Crippen molar-refractivity contribution in [2.45, 2.75) is 74.1 Å². The minimum atomic E-state index is 0.464. The maximum absolute atomic E-state index is 2.67. The lowest BCUT2D eigenvalue weighted by Crippen LogP contribution is -2.52. The number of allylic oxidation sites excluding steroid dienone is 4. The molecular weight excluding hydrogens is 252 g/mol. The van der Waals surface area contributed by atoms with Crippen LogP contribution in [0.4, 0.5) is 0 Å². The van der Waals surface area contributed by atoms with Gasteiger partial charge >= 0.3 is 0 Å². The summed E-state index contributed by atoms with van der Waals surface area (Å²) in [7, 11) is 0. The van der Waals surface area contributed by atoms with Gasteiger partial charge in [0, 0.05) is 0 Å². The van der Waals surface area contributed by atoms with E-state index in [4.69, 9.17) is 0 Å². The molecule has 0 spiro atoms. The van der Waals surface area contributed by atoms with Crippen LogP contribution >= 0.6 is 0 Å². The lowest BCUT2D eigenvalue weighted by Gasteiger charge is -2.60. The highest BCUT2D eigenvalue weighted by Gasteiger charge is 2.55. The third-order valence-corrected chi connectivity index (χ3v) is 6.28. The second kappa shape index (κ2) is 5.94. The van der Waals surface area contributed by atoms with E-state index in [2.05, 4.69) is 66.7 Å². The van der Waals surface area contributed by atoms with Gasteiger partial charge in [0.05, 0.1) is 0 Å². The highest BCUT2D eigenvalue weighted by molar-refractivity contribution is 5.28. The summed E-state index contributed by atoms with van der Waals surface area (Å²) >= 11 is 0. The number of hydrogen-bond acceptors (Lipinski definition) is 0. The zero-order valence-corrected chi connectivity index (χ0v) is 15.4. The predicted molar refractivity (Wildman–Crippen MR) is 94.2 cm³/mol. The van der Waals surface area contributed by atoms with Gasteiger partial charge in [-0.1, -0.05) is 72.3 Å². The van der Waals surface area contributed by atoms with Gasteiger partial charge in [0.25, 0.3) is 0 Å². The maximum atomic E-state index is 2.67. The van der Waals surface area contributed by atoms with E-state index in [1.54, 1.807) is 5.57 Å². The van der Waals surface area contributed by atoms with Gasteiger partial charge in [-0.25, -0.2) is 0 Å². The first-order chi connectivity index (χ1) is 9.69. The molecule has 0 nitrogen and oxygen atoms in total. The molecule has 4 aliphatic rings. The van der Waals surface area contributed by atoms with E-state index in [1.165, 1.54) is 25.7 Å². The van der Waals surface area contributed by atoms with Crippen molar-refractivity contribution in [1.29, 1.82) is 0 Å². The fourth-order valence-corrected chi connectivity index (χ4v) is 4.57. The van der Waals surface area contributed by atoms with Crippen LogP contribution < -0.4 is 0 Å². The SMILES string of the molecule is CC(C)C.CC(C)C1=CC2C3C=CC(C)(CC3)C2(C)CC1. The molecule has 120 valence electrons. The highest BCUT2D eigenvalue weighted by Crippen LogP contribution is 2.64. The van der Waals surface area contributed by atoms with Gasteiger partial charge in [-0.3, -0.25) is 0 Å². The summed E-state index contributed by atoms with van der Waals surface area (Å²) in [5, 5.41) is 0. The molecule has 0 aromatic rings. The van der Waals surface area contributed by atoms with Crippen LogP contribution in [0.15, 0.2) is 23.8 Å².